The molecule has 0 bridgehead atoms. The van der Waals surface area contributed by atoms with Gasteiger partial charge in [0.2, 0.25) is 0 Å². The fourth-order valence-corrected chi connectivity index (χ4v) is 1.90. The standard InChI is InChI=1S/C10H20N2O2.2ClH/c1-12-5-3-8(4-6-12)7-9(11)10(13)14-2;;/h8-9H,3-7,11H2,1-2H3;2*1H. The largest absolute Gasteiger partial charge is 0.468 e. The van der Waals surface area contributed by atoms with Crippen LogP contribution in [0, 0.1) is 5.92 Å². The summed E-state index contributed by atoms with van der Waals surface area (Å²) in [6.07, 6.45) is 3.04. The smallest absolute Gasteiger partial charge is 0.322 e. The number of nitrogens with two attached hydrogens (primary N) is 1. The molecular formula is C10H22Cl2N2O2. The van der Waals surface area contributed by atoms with Crippen LogP contribution in [-0.2, 0) is 9.53 Å². The summed E-state index contributed by atoms with van der Waals surface area (Å²) in [6, 6.07) is -0.437. The predicted molar refractivity (Wildman–Crippen MR) is 69.3 cm³/mol. The van der Waals surface area contributed by atoms with Crippen LogP contribution in [-0.4, -0.2) is 44.2 Å². The van der Waals surface area contributed by atoms with Gasteiger partial charge in [-0.3, -0.25) is 4.79 Å². The Kier molecular flexibility index (Phi) is 10.4. The number of carbonyl (C=O) groups is 1. The number of rotatable bonds is 3. The van der Waals surface area contributed by atoms with Crippen LogP contribution in [0.3, 0.4) is 0 Å². The van der Waals surface area contributed by atoms with Gasteiger partial charge in [0.15, 0.2) is 0 Å². The first-order valence-corrected chi connectivity index (χ1v) is 5.15. The van der Waals surface area contributed by atoms with Crippen LogP contribution in [0.2, 0.25) is 0 Å². The highest BCUT2D eigenvalue weighted by molar-refractivity contribution is 5.85. The number of halogens is 2. The summed E-state index contributed by atoms with van der Waals surface area (Å²) in [6.45, 7) is 2.22. The van der Waals surface area contributed by atoms with E-state index in [2.05, 4.69) is 16.7 Å². The molecule has 16 heavy (non-hydrogen) atoms. The van der Waals surface area contributed by atoms with Crippen molar-refractivity contribution in [1.82, 2.24) is 4.90 Å². The van der Waals surface area contributed by atoms with Crippen molar-refractivity contribution in [3.63, 3.8) is 0 Å². The predicted octanol–water partition coefficient (Wildman–Crippen LogP) is 1.06. The number of esters is 1. The van der Waals surface area contributed by atoms with Crippen molar-refractivity contribution in [3.8, 4) is 0 Å². The number of hydrogen-bond donors (Lipinski definition) is 1. The Morgan fingerprint density at radius 3 is 2.38 bits per heavy atom. The average molecular weight is 273 g/mol. The Balaban J connectivity index is 0. The first-order valence-electron chi connectivity index (χ1n) is 5.15. The molecule has 0 aromatic carbocycles. The fourth-order valence-electron chi connectivity index (χ4n) is 1.90. The molecule has 1 atom stereocenters. The molecule has 0 amide bonds. The minimum atomic E-state index is -0.437. The first-order chi connectivity index (χ1) is 6.63. The molecule has 0 spiro atoms. The second-order valence-corrected chi connectivity index (χ2v) is 4.11. The number of nitrogens with zero attached hydrogens (tertiary/aromatic N) is 1. The van der Waals surface area contributed by atoms with E-state index in [9.17, 15) is 4.79 Å². The second-order valence-electron chi connectivity index (χ2n) is 4.11. The molecule has 1 unspecified atom stereocenters. The molecule has 0 aromatic heterocycles. The van der Waals surface area contributed by atoms with Crippen molar-refractivity contribution >= 4 is 30.8 Å². The Morgan fingerprint density at radius 2 is 1.94 bits per heavy atom. The van der Waals surface area contributed by atoms with Gasteiger partial charge < -0.3 is 15.4 Å². The van der Waals surface area contributed by atoms with Gasteiger partial charge in [0.25, 0.3) is 0 Å². The third-order valence-electron chi connectivity index (χ3n) is 2.93. The van der Waals surface area contributed by atoms with Crippen LogP contribution in [0.5, 0.6) is 0 Å². The molecule has 98 valence electrons. The zero-order chi connectivity index (χ0) is 10.6. The van der Waals surface area contributed by atoms with Gasteiger partial charge in [-0.1, -0.05) is 0 Å². The first kappa shape index (κ1) is 18.3. The maximum Gasteiger partial charge on any atom is 0.322 e. The highest BCUT2D eigenvalue weighted by Crippen LogP contribution is 2.20. The van der Waals surface area contributed by atoms with Crippen LogP contribution in [0.4, 0.5) is 0 Å². The van der Waals surface area contributed by atoms with Crippen LogP contribution in [0.15, 0.2) is 0 Å². The van der Waals surface area contributed by atoms with E-state index in [1.165, 1.54) is 7.11 Å². The van der Waals surface area contributed by atoms with Gasteiger partial charge in [-0.25, -0.2) is 0 Å². The molecule has 1 heterocycles. The summed E-state index contributed by atoms with van der Waals surface area (Å²) in [5.74, 6) is 0.296. The van der Waals surface area contributed by atoms with Gasteiger partial charge >= 0.3 is 5.97 Å². The van der Waals surface area contributed by atoms with Crippen molar-refractivity contribution in [1.29, 1.82) is 0 Å². The van der Waals surface area contributed by atoms with Crippen molar-refractivity contribution in [2.45, 2.75) is 25.3 Å². The molecule has 0 saturated carbocycles. The van der Waals surface area contributed by atoms with E-state index in [1.54, 1.807) is 0 Å². The highest BCUT2D eigenvalue weighted by Gasteiger charge is 2.22. The molecule has 2 N–H and O–H groups in total. The molecule has 1 saturated heterocycles. The van der Waals surface area contributed by atoms with E-state index in [1.807, 2.05) is 0 Å². The van der Waals surface area contributed by atoms with Crippen molar-refractivity contribution < 1.29 is 9.53 Å². The molecule has 1 fully saturated rings. The van der Waals surface area contributed by atoms with E-state index >= 15 is 0 Å². The van der Waals surface area contributed by atoms with Gasteiger partial charge in [-0.05, 0) is 45.3 Å². The van der Waals surface area contributed by atoms with Crippen LogP contribution in [0.1, 0.15) is 19.3 Å². The minimum absolute atomic E-state index is 0. The average Bonchev–Trinajstić information content (AvgIpc) is 2.20. The molecule has 1 aliphatic heterocycles. The quantitative estimate of drug-likeness (QED) is 0.781. The van der Waals surface area contributed by atoms with E-state index in [4.69, 9.17) is 5.73 Å². The Labute approximate surface area is 110 Å². The zero-order valence-electron chi connectivity index (χ0n) is 9.85. The number of ether oxygens (including phenoxy) is 1. The van der Waals surface area contributed by atoms with E-state index in [0.29, 0.717) is 5.92 Å². The second kappa shape index (κ2) is 9.05. The Morgan fingerprint density at radius 1 is 1.44 bits per heavy atom. The number of piperidine rings is 1. The number of likely N-dealkylation sites (tertiary alicyclic amines) is 1. The molecule has 1 rings (SSSR count). The molecule has 1 aliphatic rings. The normalized spacial score (nSPS) is 19.2. The highest BCUT2D eigenvalue weighted by atomic mass is 35.5. The summed E-state index contributed by atoms with van der Waals surface area (Å²) >= 11 is 0. The summed E-state index contributed by atoms with van der Waals surface area (Å²) in [4.78, 5) is 13.4. The van der Waals surface area contributed by atoms with Gasteiger partial charge in [0.1, 0.15) is 6.04 Å². The van der Waals surface area contributed by atoms with Crippen LogP contribution in [0.25, 0.3) is 0 Å². The topological polar surface area (TPSA) is 55.6 Å². The zero-order valence-corrected chi connectivity index (χ0v) is 11.5. The lowest BCUT2D eigenvalue weighted by Crippen LogP contribution is -2.37. The maximum atomic E-state index is 11.1. The number of hydrogen-bond acceptors (Lipinski definition) is 4. The minimum Gasteiger partial charge on any atom is -0.468 e. The molecule has 0 aromatic rings. The molecule has 6 heteroatoms. The number of methoxy groups -OCH3 is 1. The van der Waals surface area contributed by atoms with E-state index in [0.717, 1.165) is 32.4 Å². The van der Waals surface area contributed by atoms with E-state index in [-0.39, 0.29) is 30.8 Å². The van der Waals surface area contributed by atoms with Crippen molar-refractivity contribution in [2.75, 3.05) is 27.2 Å². The summed E-state index contributed by atoms with van der Waals surface area (Å²) in [7, 11) is 3.51. The van der Waals surface area contributed by atoms with Gasteiger partial charge in [0, 0.05) is 0 Å². The SMILES string of the molecule is COC(=O)C(N)CC1CCN(C)CC1.Cl.Cl. The van der Waals surface area contributed by atoms with Crippen LogP contribution < -0.4 is 5.73 Å². The third kappa shape index (κ3) is 5.89. The lowest BCUT2D eigenvalue weighted by atomic mass is 9.91. The molecule has 0 aliphatic carbocycles. The van der Waals surface area contributed by atoms with E-state index < -0.39 is 6.04 Å². The van der Waals surface area contributed by atoms with Gasteiger partial charge in [-0.15, -0.1) is 24.8 Å². The van der Waals surface area contributed by atoms with Crippen LogP contribution >= 0.6 is 24.8 Å². The Bertz CT molecular complexity index is 197. The van der Waals surface area contributed by atoms with Crippen molar-refractivity contribution in [3.05, 3.63) is 0 Å². The summed E-state index contributed by atoms with van der Waals surface area (Å²) in [5, 5.41) is 0. The lowest BCUT2D eigenvalue weighted by Gasteiger charge is -2.29. The van der Waals surface area contributed by atoms with Crippen molar-refractivity contribution in [2.24, 2.45) is 11.7 Å². The Hall–Kier alpha value is -0.0300. The maximum absolute atomic E-state index is 11.1. The van der Waals surface area contributed by atoms with Gasteiger partial charge in [-0.2, -0.15) is 0 Å². The molecule has 0 radical (unpaired) electrons. The molecule has 4 nitrogen and oxygen atoms in total. The molecular weight excluding hydrogens is 251 g/mol. The lowest BCUT2D eigenvalue weighted by molar-refractivity contribution is -0.142. The van der Waals surface area contributed by atoms with Gasteiger partial charge in [0.05, 0.1) is 7.11 Å². The third-order valence-corrected chi connectivity index (χ3v) is 2.93. The monoisotopic (exact) mass is 272 g/mol. The number of carbonyl (C=O) groups excluding carboxylic acids is 1. The summed E-state index contributed by atoms with van der Waals surface area (Å²) < 4.78 is 4.60. The fraction of sp³-hybridized carbons (Fsp3) is 0.900. The summed E-state index contributed by atoms with van der Waals surface area (Å²) in [5.41, 5.74) is 5.71.